The monoisotopic (exact) mass is 576 g/mol. The highest BCUT2D eigenvalue weighted by molar-refractivity contribution is 6.30. The molecule has 6 rings (SSSR count). The normalized spacial score (nSPS) is 20.2. The molecule has 0 spiro atoms. The lowest BCUT2D eigenvalue weighted by Gasteiger charge is -2.40. The topological polar surface area (TPSA) is 73.0 Å². The number of carbonyl (C=O) groups is 3. The van der Waals surface area contributed by atoms with Crippen molar-refractivity contribution in [3.63, 3.8) is 0 Å². The summed E-state index contributed by atoms with van der Waals surface area (Å²) in [6, 6.07) is 21.5. The van der Waals surface area contributed by atoms with Crippen molar-refractivity contribution in [2.45, 2.75) is 38.0 Å². The first kappa shape index (κ1) is 27.0. The highest BCUT2D eigenvalue weighted by atomic mass is 35.5. The van der Waals surface area contributed by atoms with Gasteiger partial charge in [-0.2, -0.15) is 0 Å². The molecular formula is C31H30Cl2N4O3. The lowest BCUT2D eigenvalue weighted by Crippen LogP contribution is -2.52. The van der Waals surface area contributed by atoms with E-state index in [0.29, 0.717) is 35.1 Å². The van der Waals surface area contributed by atoms with E-state index in [1.165, 1.54) is 11.1 Å². The van der Waals surface area contributed by atoms with Gasteiger partial charge >= 0.3 is 0 Å². The molecule has 3 aromatic carbocycles. The zero-order chi connectivity index (χ0) is 27.8. The third-order valence-electron chi connectivity index (χ3n) is 8.18. The number of hydrogen-bond acceptors (Lipinski definition) is 5. The van der Waals surface area contributed by atoms with Crippen LogP contribution in [0.3, 0.4) is 0 Å². The van der Waals surface area contributed by atoms with Crippen LogP contribution >= 0.6 is 23.2 Å². The van der Waals surface area contributed by atoms with Crippen LogP contribution in [0.5, 0.6) is 0 Å². The van der Waals surface area contributed by atoms with E-state index in [9.17, 15) is 14.4 Å². The van der Waals surface area contributed by atoms with Crippen molar-refractivity contribution < 1.29 is 14.4 Å². The number of imide groups is 1. The molecule has 3 amide bonds. The van der Waals surface area contributed by atoms with Gasteiger partial charge in [0.15, 0.2) is 0 Å². The van der Waals surface area contributed by atoms with Gasteiger partial charge in [0.25, 0.3) is 5.91 Å². The van der Waals surface area contributed by atoms with E-state index >= 15 is 0 Å². The van der Waals surface area contributed by atoms with Crippen LogP contribution in [-0.4, -0.2) is 64.6 Å². The zero-order valence-electron chi connectivity index (χ0n) is 22.0. The Bertz CT molecular complexity index is 1390. The minimum absolute atomic E-state index is 0.0845. The molecule has 40 heavy (non-hydrogen) atoms. The van der Waals surface area contributed by atoms with Crippen molar-refractivity contribution >= 4 is 40.9 Å². The van der Waals surface area contributed by atoms with Gasteiger partial charge in [0.1, 0.15) is 6.04 Å². The van der Waals surface area contributed by atoms with E-state index in [1.807, 2.05) is 42.5 Å². The molecule has 206 valence electrons. The number of piperazine rings is 1. The molecule has 0 bridgehead atoms. The van der Waals surface area contributed by atoms with E-state index in [2.05, 4.69) is 39.4 Å². The highest BCUT2D eigenvalue weighted by Crippen LogP contribution is 2.33. The van der Waals surface area contributed by atoms with Gasteiger partial charge in [-0.15, -0.1) is 0 Å². The molecule has 0 saturated carbocycles. The second-order valence-corrected chi connectivity index (χ2v) is 11.5. The molecule has 3 aromatic rings. The summed E-state index contributed by atoms with van der Waals surface area (Å²) in [5.41, 5.74) is 4.99. The average molecular weight is 578 g/mol. The third-order valence-corrected chi connectivity index (χ3v) is 8.68. The SMILES string of the molecule is O=C1CCC(N2Cc3cccc(CN4CCN(C(c5ccc(Cl)cc5)c5ccc(Cl)cc5)CC4)c3C2=O)C(=O)N1. The predicted molar refractivity (Wildman–Crippen MR) is 154 cm³/mol. The van der Waals surface area contributed by atoms with Crippen LogP contribution < -0.4 is 5.32 Å². The van der Waals surface area contributed by atoms with Crippen LogP contribution in [0.2, 0.25) is 10.0 Å². The average Bonchev–Trinajstić information content (AvgIpc) is 3.28. The van der Waals surface area contributed by atoms with Crippen LogP contribution in [-0.2, 0) is 22.7 Å². The van der Waals surface area contributed by atoms with E-state index in [-0.39, 0.29) is 30.2 Å². The summed E-state index contributed by atoms with van der Waals surface area (Å²) in [6.07, 6.45) is 0.616. The van der Waals surface area contributed by atoms with Crippen molar-refractivity contribution in [1.82, 2.24) is 20.0 Å². The molecule has 2 saturated heterocycles. The van der Waals surface area contributed by atoms with Crippen molar-refractivity contribution in [2.75, 3.05) is 26.2 Å². The third kappa shape index (κ3) is 5.39. The van der Waals surface area contributed by atoms with E-state index in [0.717, 1.165) is 37.3 Å². The minimum Gasteiger partial charge on any atom is -0.322 e. The predicted octanol–water partition coefficient (Wildman–Crippen LogP) is 4.66. The van der Waals surface area contributed by atoms with Crippen LogP contribution in [0.4, 0.5) is 0 Å². The fourth-order valence-electron chi connectivity index (χ4n) is 6.15. The first-order valence-corrected chi connectivity index (χ1v) is 14.4. The highest BCUT2D eigenvalue weighted by Gasteiger charge is 2.40. The first-order valence-electron chi connectivity index (χ1n) is 13.6. The minimum atomic E-state index is -0.605. The lowest BCUT2D eigenvalue weighted by atomic mass is 9.96. The molecular weight excluding hydrogens is 547 g/mol. The van der Waals surface area contributed by atoms with E-state index in [1.54, 1.807) is 4.90 Å². The van der Waals surface area contributed by atoms with Gasteiger partial charge in [-0.1, -0.05) is 65.7 Å². The van der Waals surface area contributed by atoms with Crippen LogP contribution in [0.15, 0.2) is 66.7 Å². The number of halogens is 2. The Morgan fingerprint density at radius 1 is 0.825 bits per heavy atom. The van der Waals surface area contributed by atoms with Gasteiger partial charge in [0.05, 0.1) is 6.04 Å². The lowest BCUT2D eigenvalue weighted by molar-refractivity contribution is -0.136. The molecule has 0 radical (unpaired) electrons. The number of rotatable bonds is 6. The van der Waals surface area contributed by atoms with Gasteiger partial charge < -0.3 is 4.90 Å². The van der Waals surface area contributed by atoms with E-state index in [4.69, 9.17) is 23.2 Å². The summed E-state index contributed by atoms with van der Waals surface area (Å²) in [7, 11) is 0. The Hall–Kier alpha value is -3.23. The van der Waals surface area contributed by atoms with Crippen molar-refractivity contribution in [3.8, 4) is 0 Å². The van der Waals surface area contributed by atoms with Gasteiger partial charge in [0.2, 0.25) is 11.8 Å². The fourth-order valence-corrected chi connectivity index (χ4v) is 6.40. The molecule has 9 heteroatoms. The summed E-state index contributed by atoms with van der Waals surface area (Å²) in [5, 5.41) is 3.80. The zero-order valence-corrected chi connectivity index (χ0v) is 23.5. The quantitative estimate of drug-likeness (QED) is 0.432. The van der Waals surface area contributed by atoms with Crippen LogP contribution in [0.25, 0.3) is 0 Å². The Morgan fingerprint density at radius 3 is 2.05 bits per heavy atom. The summed E-state index contributed by atoms with van der Waals surface area (Å²) >= 11 is 12.4. The van der Waals surface area contributed by atoms with Gasteiger partial charge in [0, 0.05) is 61.3 Å². The number of nitrogens with zero attached hydrogens (tertiary/aromatic N) is 3. The number of fused-ring (bicyclic) bond motifs is 1. The smallest absolute Gasteiger partial charge is 0.255 e. The number of piperidine rings is 1. The van der Waals surface area contributed by atoms with Crippen molar-refractivity contribution in [2.24, 2.45) is 0 Å². The molecule has 1 atom stereocenters. The molecule has 3 aliphatic rings. The Morgan fingerprint density at radius 2 is 1.45 bits per heavy atom. The summed E-state index contributed by atoms with van der Waals surface area (Å²) < 4.78 is 0. The number of amides is 3. The molecule has 7 nitrogen and oxygen atoms in total. The van der Waals surface area contributed by atoms with Gasteiger partial charge in [-0.25, -0.2) is 0 Å². The van der Waals surface area contributed by atoms with Crippen molar-refractivity contribution in [1.29, 1.82) is 0 Å². The molecule has 1 unspecified atom stereocenters. The Balaban J connectivity index is 1.16. The summed E-state index contributed by atoms with van der Waals surface area (Å²) in [5.74, 6) is -0.783. The summed E-state index contributed by atoms with van der Waals surface area (Å²) in [4.78, 5) is 44.1. The largest absolute Gasteiger partial charge is 0.322 e. The maximum atomic E-state index is 13.5. The number of nitrogens with one attached hydrogen (secondary N) is 1. The maximum Gasteiger partial charge on any atom is 0.255 e. The first-order chi connectivity index (χ1) is 19.4. The Labute approximate surface area is 243 Å². The maximum absolute atomic E-state index is 13.5. The van der Waals surface area contributed by atoms with Crippen molar-refractivity contribution in [3.05, 3.63) is 105 Å². The van der Waals surface area contributed by atoms with E-state index < -0.39 is 6.04 Å². The molecule has 3 aliphatic heterocycles. The molecule has 0 aromatic heterocycles. The second-order valence-electron chi connectivity index (χ2n) is 10.7. The van der Waals surface area contributed by atoms with Crippen LogP contribution in [0.1, 0.15) is 51.5 Å². The fraction of sp³-hybridized carbons (Fsp3) is 0.323. The number of hydrogen-bond donors (Lipinski definition) is 1. The molecule has 1 N–H and O–H groups in total. The standard InChI is InChI=1S/C31H30Cl2N4O3/c32-24-8-4-20(5-9-24)29(21-6-10-25(33)11-7-21)36-16-14-35(15-17-36)18-22-2-1-3-23-19-37(31(40)28(22)23)26-12-13-27(38)34-30(26)39/h1-11,26,29H,12-19H2,(H,34,38,39). The Kier molecular flexibility index (Phi) is 7.64. The van der Waals surface area contributed by atoms with Gasteiger partial charge in [-0.3, -0.25) is 29.5 Å². The number of carbonyl (C=O) groups excluding carboxylic acids is 3. The summed E-state index contributed by atoms with van der Waals surface area (Å²) in [6.45, 7) is 4.49. The second kappa shape index (κ2) is 11.3. The molecule has 2 fully saturated rings. The van der Waals surface area contributed by atoms with Crippen LogP contribution in [0, 0.1) is 0 Å². The van der Waals surface area contributed by atoms with Gasteiger partial charge in [-0.05, 0) is 52.9 Å². The molecule has 0 aliphatic carbocycles. The number of benzene rings is 3. The molecule has 3 heterocycles.